The van der Waals surface area contributed by atoms with E-state index < -0.39 is 53.0 Å². The number of pyridine rings is 1. The van der Waals surface area contributed by atoms with E-state index in [0.29, 0.717) is 78.8 Å². The molecule has 5 aromatic rings. The molecule has 6 amide bonds. The van der Waals surface area contributed by atoms with Crippen LogP contribution in [0.15, 0.2) is 66.9 Å². The topological polar surface area (TPSA) is 209 Å². The highest BCUT2D eigenvalue weighted by Crippen LogP contribution is 2.45. The maximum atomic E-state index is 15.2. The Morgan fingerprint density at radius 1 is 0.960 bits per heavy atom. The van der Waals surface area contributed by atoms with E-state index in [4.69, 9.17) is 30.8 Å². The molecule has 2 aromatic heterocycles. The average molecular weight is 1020 g/mol. The van der Waals surface area contributed by atoms with Crippen LogP contribution in [0.5, 0.6) is 6.01 Å². The normalized spacial score (nSPS) is 24.7. The number of aromatic nitrogens is 3. The number of carbonyl (C=O) groups is 6. The summed E-state index contributed by atoms with van der Waals surface area (Å²) >= 11 is 0. The molecule has 19 heteroatoms. The number of fused-ring (bicyclic) bond motifs is 6. The van der Waals surface area contributed by atoms with Crippen LogP contribution in [0.25, 0.3) is 32.9 Å². The van der Waals surface area contributed by atoms with Gasteiger partial charge in [-0.2, -0.15) is 9.97 Å². The van der Waals surface area contributed by atoms with Gasteiger partial charge in [0.2, 0.25) is 17.7 Å². The van der Waals surface area contributed by atoms with E-state index in [2.05, 4.69) is 38.2 Å². The lowest BCUT2D eigenvalue weighted by atomic mass is 9.94. The standard InChI is InChI=1S/C56H55FN10O8/c1-4-38-43(57)13-8-32-6-5-7-40(46(32)38)47-31(3)48-42(24-58-47)49(65-26-35-9-10-36(27-65)59-35)63-54(62-48)75-29-56-19-16-37(66(56)25-30(2)23-56)28-74-55(73)64-20-17-33(18-21-64)50(69)60-34-11-12-39-41(22-34)53(72)67(52(39)71)44-14-15-45(68)61-51(44)70/h1,5-8,11-13,22,24,33,35-37,44,59H,2,9-10,14-21,23,25-29H2,3H3,(H,60,69)(H,61,68,70). The number of piperidine rings is 2. The van der Waals surface area contributed by atoms with Crippen LogP contribution in [-0.2, 0) is 19.1 Å². The molecule has 75 heavy (non-hydrogen) atoms. The van der Waals surface area contributed by atoms with Crippen molar-refractivity contribution in [1.29, 1.82) is 0 Å². The van der Waals surface area contributed by atoms with Crippen LogP contribution in [0, 0.1) is 31.0 Å². The third-order valence-corrected chi connectivity index (χ3v) is 16.5. The summed E-state index contributed by atoms with van der Waals surface area (Å²) in [4.78, 5) is 100. The predicted octanol–water partition coefficient (Wildman–Crippen LogP) is 5.64. The number of hydrogen-bond donors (Lipinski definition) is 3. The minimum absolute atomic E-state index is 0.0104. The van der Waals surface area contributed by atoms with Crippen LogP contribution < -0.4 is 25.6 Å². The van der Waals surface area contributed by atoms with Crippen LogP contribution in [0.1, 0.15) is 89.6 Å². The second-order valence-electron chi connectivity index (χ2n) is 21.1. The number of piperazine rings is 1. The molecule has 0 spiro atoms. The number of halogens is 1. The lowest BCUT2D eigenvalue weighted by Crippen LogP contribution is -2.54. The Kier molecular flexibility index (Phi) is 12.1. The van der Waals surface area contributed by atoms with Gasteiger partial charge in [-0.1, -0.05) is 42.3 Å². The highest BCUT2D eigenvalue weighted by Gasteiger charge is 2.52. The molecule has 9 heterocycles. The summed E-state index contributed by atoms with van der Waals surface area (Å²) in [5, 5.41) is 11.0. The molecule has 5 unspecified atom stereocenters. The second kappa shape index (κ2) is 18.8. The molecule has 6 saturated heterocycles. The molecule has 0 aliphatic carbocycles. The molecule has 2 bridgehead atoms. The van der Waals surface area contributed by atoms with Gasteiger partial charge in [0.15, 0.2) is 0 Å². The Labute approximate surface area is 431 Å². The SMILES string of the molecule is C#Cc1c(F)ccc2cccc(-c3ncc4c(N5CC6CCC(C5)N6)nc(OCC56CCC(COC(=O)N7CCC(C(=O)Nc8ccc9c(c8)C(=O)N(C8CCC(=O)NC8=O)C9=O)CC7)N5CC(=C)C6)nc4c3C)c12. The monoisotopic (exact) mass is 1010 g/mol. The summed E-state index contributed by atoms with van der Waals surface area (Å²) in [6.07, 6.45) is 12.5. The Morgan fingerprint density at radius 2 is 1.75 bits per heavy atom. The molecule has 384 valence electrons. The van der Waals surface area contributed by atoms with Crippen molar-refractivity contribution in [3.63, 3.8) is 0 Å². The van der Waals surface area contributed by atoms with E-state index in [1.807, 2.05) is 31.3 Å². The van der Waals surface area contributed by atoms with Crippen LogP contribution in [0.3, 0.4) is 0 Å². The number of terminal acetylenes is 1. The molecule has 3 N–H and O–H groups in total. The second-order valence-corrected chi connectivity index (χ2v) is 21.1. The van der Waals surface area contributed by atoms with Gasteiger partial charge in [0, 0.05) is 91.6 Å². The molecule has 7 aliphatic rings. The smallest absolute Gasteiger partial charge is 0.409 e. The first-order valence-corrected chi connectivity index (χ1v) is 25.8. The van der Waals surface area contributed by atoms with Crippen molar-refractivity contribution < 1.29 is 42.6 Å². The number of benzene rings is 3. The van der Waals surface area contributed by atoms with Gasteiger partial charge in [0.25, 0.3) is 11.8 Å². The van der Waals surface area contributed by atoms with Gasteiger partial charge in [-0.3, -0.25) is 44.1 Å². The fourth-order valence-electron chi connectivity index (χ4n) is 12.7. The van der Waals surface area contributed by atoms with E-state index in [9.17, 15) is 28.8 Å². The first-order valence-electron chi connectivity index (χ1n) is 25.8. The number of imide groups is 2. The number of likely N-dealkylation sites (tertiary alicyclic amines) is 1. The molecular weight excluding hydrogens is 960 g/mol. The number of hydrogen-bond acceptors (Lipinski definition) is 14. The Hall–Kier alpha value is -7.82. The van der Waals surface area contributed by atoms with Crippen LogP contribution >= 0.6 is 0 Å². The van der Waals surface area contributed by atoms with Crippen LogP contribution in [-0.4, -0.2) is 141 Å². The first kappa shape index (κ1) is 48.1. The van der Waals surface area contributed by atoms with Gasteiger partial charge < -0.3 is 29.9 Å². The Morgan fingerprint density at radius 3 is 2.52 bits per heavy atom. The summed E-state index contributed by atoms with van der Waals surface area (Å²) in [5.41, 5.74) is 4.16. The van der Waals surface area contributed by atoms with Crippen molar-refractivity contribution in [3.8, 4) is 29.6 Å². The molecule has 12 rings (SSSR count). The van der Waals surface area contributed by atoms with Gasteiger partial charge in [0.1, 0.15) is 30.9 Å². The zero-order valence-corrected chi connectivity index (χ0v) is 41.5. The third kappa shape index (κ3) is 8.49. The van der Waals surface area contributed by atoms with E-state index in [1.165, 1.54) is 24.3 Å². The Bertz CT molecular complexity index is 3340. The summed E-state index contributed by atoms with van der Waals surface area (Å²) in [6, 6.07) is 13.0. The van der Waals surface area contributed by atoms with Crippen molar-refractivity contribution in [2.24, 2.45) is 5.92 Å². The molecule has 0 saturated carbocycles. The number of carbonyl (C=O) groups excluding carboxylic acids is 6. The van der Waals surface area contributed by atoms with Gasteiger partial charge in [-0.25, -0.2) is 9.18 Å². The van der Waals surface area contributed by atoms with E-state index in [0.717, 1.165) is 71.4 Å². The summed E-state index contributed by atoms with van der Waals surface area (Å²) in [6.45, 7) is 9.62. The summed E-state index contributed by atoms with van der Waals surface area (Å²) in [7, 11) is 0. The lowest BCUT2D eigenvalue weighted by molar-refractivity contribution is -0.136. The Balaban J connectivity index is 0.701. The minimum Gasteiger partial charge on any atom is -0.461 e. The summed E-state index contributed by atoms with van der Waals surface area (Å²) in [5.74, 6) is -0.295. The molecule has 6 fully saturated rings. The number of amides is 6. The van der Waals surface area contributed by atoms with Crippen molar-refractivity contribution >= 4 is 68.8 Å². The van der Waals surface area contributed by atoms with Crippen molar-refractivity contribution in [3.05, 3.63) is 95.0 Å². The minimum atomic E-state index is -1.09. The molecular formula is C56H55FN10O8. The zero-order chi connectivity index (χ0) is 51.9. The van der Waals surface area contributed by atoms with Crippen LogP contribution in [0.2, 0.25) is 0 Å². The number of nitrogens with zero attached hydrogens (tertiary/aromatic N) is 7. The summed E-state index contributed by atoms with van der Waals surface area (Å²) < 4.78 is 27.9. The van der Waals surface area contributed by atoms with E-state index in [-0.39, 0.29) is 60.7 Å². The lowest BCUT2D eigenvalue weighted by Gasteiger charge is -2.35. The molecule has 3 aromatic carbocycles. The predicted molar refractivity (Wildman–Crippen MR) is 274 cm³/mol. The van der Waals surface area contributed by atoms with Crippen molar-refractivity contribution in [1.82, 2.24) is 40.3 Å². The maximum absolute atomic E-state index is 15.2. The fraction of sp³-hybridized carbons (Fsp3) is 0.411. The largest absolute Gasteiger partial charge is 0.461 e. The highest BCUT2D eigenvalue weighted by atomic mass is 19.1. The zero-order valence-electron chi connectivity index (χ0n) is 41.5. The molecule has 0 radical (unpaired) electrons. The maximum Gasteiger partial charge on any atom is 0.409 e. The quantitative estimate of drug-likeness (QED) is 0.0879. The highest BCUT2D eigenvalue weighted by molar-refractivity contribution is 6.24. The number of rotatable bonds is 10. The third-order valence-electron chi connectivity index (χ3n) is 16.5. The van der Waals surface area contributed by atoms with Gasteiger partial charge in [-0.15, -0.1) is 6.42 Å². The number of anilines is 2. The fourth-order valence-corrected chi connectivity index (χ4v) is 12.7. The van der Waals surface area contributed by atoms with Crippen molar-refractivity contribution in [2.75, 3.05) is 56.2 Å². The van der Waals surface area contributed by atoms with Gasteiger partial charge >= 0.3 is 12.1 Å². The number of aryl methyl sites for hydroxylation is 1. The molecule has 18 nitrogen and oxygen atoms in total. The van der Waals surface area contributed by atoms with E-state index >= 15 is 4.39 Å². The number of ether oxygens (including phenoxy) is 2. The van der Waals surface area contributed by atoms with Crippen molar-refractivity contribution in [2.45, 2.75) is 94.4 Å². The average Bonchev–Trinajstić information content (AvgIpc) is 4.11. The first-order chi connectivity index (χ1) is 36.2. The molecule has 7 aliphatic heterocycles. The van der Waals surface area contributed by atoms with Gasteiger partial charge in [0.05, 0.1) is 38.8 Å². The van der Waals surface area contributed by atoms with E-state index in [1.54, 1.807) is 11.0 Å². The number of nitrogens with one attached hydrogen (secondary N) is 3. The van der Waals surface area contributed by atoms with Crippen LogP contribution in [0.4, 0.5) is 20.7 Å². The molecule has 5 atom stereocenters. The van der Waals surface area contributed by atoms with Gasteiger partial charge in [-0.05, 0) is 87.9 Å².